The Morgan fingerprint density at radius 2 is 2.22 bits per heavy atom. The van der Waals surface area contributed by atoms with E-state index in [1.807, 2.05) is 10.9 Å². The molecule has 1 aromatic rings. The van der Waals surface area contributed by atoms with Crippen molar-refractivity contribution >= 4 is 0 Å². The van der Waals surface area contributed by atoms with Gasteiger partial charge in [0.1, 0.15) is 0 Å². The summed E-state index contributed by atoms with van der Waals surface area (Å²) in [6, 6.07) is 0. The highest BCUT2D eigenvalue weighted by Crippen LogP contribution is 2.40. The van der Waals surface area contributed by atoms with Crippen LogP contribution in [-0.4, -0.2) is 28.1 Å². The molecule has 0 aromatic carbocycles. The van der Waals surface area contributed by atoms with Gasteiger partial charge in [-0.2, -0.15) is 0 Å². The van der Waals surface area contributed by atoms with E-state index in [2.05, 4.69) is 22.6 Å². The molecular weight excluding hydrogens is 226 g/mol. The standard InChI is InChI=1S/C13H25N5/c1-2-13(5-3-4-6-13)11-15-7-8-18-10-12(9-14)16-17-18/h10,15H,2-9,11,14H2,1H3. The number of nitrogens with two attached hydrogens (primary N) is 1. The summed E-state index contributed by atoms with van der Waals surface area (Å²) in [6.07, 6.45) is 8.79. The minimum Gasteiger partial charge on any atom is -0.325 e. The summed E-state index contributed by atoms with van der Waals surface area (Å²) in [4.78, 5) is 0. The molecule has 1 aromatic heterocycles. The Kier molecular flexibility index (Phi) is 4.72. The molecule has 5 heteroatoms. The lowest BCUT2D eigenvalue weighted by atomic mass is 9.83. The van der Waals surface area contributed by atoms with Gasteiger partial charge in [0, 0.05) is 25.8 Å². The van der Waals surface area contributed by atoms with Gasteiger partial charge in [-0.05, 0) is 24.7 Å². The van der Waals surface area contributed by atoms with E-state index >= 15 is 0 Å². The van der Waals surface area contributed by atoms with Crippen molar-refractivity contribution < 1.29 is 0 Å². The summed E-state index contributed by atoms with van der Waals surface area (Å²) < 4.78 is 1.86. The van der Waals surface area contributed by atoms with Crippen LogP contribution in [0.1, 0.15) is 44.7 Å². The van der Waals surface area contributed by atoms with Gasteiger partial charge < -0.3 is 11.1 Å². The van der Waals surface area contributed by atoms with E-state index in [0.717, 1.165) is 25.3 Å². The SMILES string of the molecule is CCC1(CNCCn2cc(CN)nn2)CCCC1. The number of nitrogens with zero attached hydrogens (tertiary/aromatic N) is 3. The average molecular weight is 251 g/mol. The lowest BCUT2D eigenvalue weighted by molar-refractivity contribution is 0.267. The summed E-state index contributed by atoms with van der Waals surface area (Å²) in [5.74, 6) is 0. The Bertz CT molecular complexity index is 354. The van der Waals surface area contributed by atoms with Crippen LogP contribution in [0.4, 0.5) is 0 Å². The third-order valence-corrected chi connectivity index (χ3v) is 4.23. The molecule has 18 heavy (non-hydrogen) atoms. The predicted octanol–water partition coefficient (Wildman–Crippen LogP) is 1.30. The van der Waals surface area contributed by atoms with Gasteiger partial charge in [0.25, 0.3) is 0 Å². The lowest BCUT2D eigenvalue weighted by Gasteiger charge is -2.27. The van der Waals surface area contributed by atoms with Crippen molar-refractivity contribution in [2.45, 2.75) is 52.1 Å². The molecule has 1 saturated carbocycles. The van der Waals surface area contributed by atoms with Crippen LogP contribution >= 0.6 is 0 Å². The fourth-order valence-corrected chi connectivity index (χ4v) is 2.87. The fraction of sp³-hybridized carbons (Fsp3) is 0.846. The molecule has 0 bridgehead atoms. The van der Waals surface area contributed by atoms with E-state index < -0.39 is 0 Å². The molecule has 5 nitrogen and oxygen atoms in total. The Morgan fingerprint density at radius 1 is 1.44 bits per heavy atom. The van der Waals surface area contributed by atoms with Gasteiger partial charge in [-0.25, -0.2) is 0 Å². The number of hydrogen-bond donors (Lipinski definition) is 2. The summed E-state index contributed by atoms with van der Waals surface area (Å²) >= 11 is 0. The van der Waals surface area contributed by atoms with Gasteiger partial charge in [-0.1, -0.05) is 25.0 Å². The molecule has 0 unspecified atom stereocenters. The van der Waals surface area contributed by atoms with Crippen molar-refractivity contribution in [3.05, 3.63) is 11.9 Å². The topological polar surface area (TPSA) is 68.8 Å². The zero-order valence-electron chi connectivity index (χ0n) is 11.4. The molecule has 0 atom stereocenters. The molecule has 102 valence electrons. The highest BCUT2D eigenvalue weighted by Gasteiger charge is 2.31. The molecule has 0 radical (unpaired) electrons. The van der Waals surface area contributed by atoms with Crippen LogP contribution in [0.2, 0.25) is 0 Å². The highest BCUT2D eigenvalue weighted by molar-refractivity contribution is 4.90. The van der Waals surface area contributed by atoms with Crippen molar-refractivity contribution in [1.82, 2.24) is 20.3 Å². The van der Waals surface area contributed by atoms with E-state index in [9.17, 15) is 0 Å². The maximum Gasteiger partial charge on any atom is 0.0962 e. The molecule has 0 saturated heterocycles. The minimum absolute atomic E-state index is 0.465. The second-order valence-corrected chi connectivity index (χ2v) is 5.41. The molecule has 0 amide bonds. The molecule has 2 rings (SSSR count). The molecule has 0 aliphatic heterocycles. The molecular formula is C13H25N5. The van der Waals surface area contributed by atoms with Gasteiger partial charge in [0.15, 0.2) is 0 Å². The van der Waals surface area contributed by atoms with E-state index in [1.54, 1.807) is 0 Å². The molecule has 0 spiro atoms. The summed E-state index contributed by atoms with van der Waals surface area (Å²) in [5, 5.41) is 11.6. The largest absolute Gasteiger partial charge is 0.325 e. The second kappa shape index (κ2) is 6.29. The second-order valence-electron chi connectivity index (χ2n) is 5.41. The Hall–Kier alpha value is -0.940. The van der Waals surface area contributed by atoms with Gasteiger partial charge in [0.2, 0.25) is 0 Å². The van der Waals surface area contributed by atoms with Crippen LogP contribution in [0, 0.1) is 5.41 Å². The molecule has 1 aliphatic rings. The maximum absolute atomic E-state index is 5.50. The van der Waals surface area contributed by atoms with Crippen LogP contribution in [-0.2, 0) is 13.1 Å². The van der Waals surface area contributed by atoms with Crippen molar-refractivity contribution in [3.8, 4) is 0 Å². The van der Waals surface area contributed by atoms with E-state index in [1.165, 1.54) is 32.1 Å². The number of rotatable bonds is 7. The predicted molar refractivity (Wildman–Crippen MR) is 72.0 cm³/mol. The van der Waals surface area contributed by atoms with Gasteiger partial charge in [-0.3, -0.25) is 4.68 Å². The monoisotopic (exact) mass is 251 g/mol. The van der Waals surface area contributed by atoms with Crippen LogP contribution in [0.3, 0.4) is 0 Å². The Labute approximate surface area is 109 Å². The van der Waals surface area contributed by atoms with Gasteiger partial charge >= 0.3 is 0 Å². The summed E-state index contributed by atoms with van der Waals surface area (Å²) in [7, 11) is 0. The first-order valence-electron chi connectivity index (χ1n) is 7.08. The zero-order valence-corrected chi connectivity index (χ0v) is 11.4. The van der Waals surface area contributed by atoms with Crippen LogP contribution in [0.5, 0.6) is 0 Å². The quantitative estimate of drug-likeness (QED) is 0.717. The third kappa shape index (κ3) is 3.29. The third-order valence-electron chi connectivity index (χ3n) is 4.23. The van der Waals surface area contributed by atoms with Crippen molar-refractivity contribution in [3.63, 3.8) is 0 Å². The van der Waals surface area contributed by atoms with Crippen molar-refractivity contribution in [2.75, 3.05) is 13.1 Å². The smallest absolute Gasteiger partial charge is 0.0962 e. The van der Waals surface area contributed by atoms with E-state index in [-0.39, 0.29) is 0 Å². The first kappa shape index (κ1) is 13.5. The van der Waals surface area contributed by atoms with Crippen molar-refractivity contribution in [2.24, 2.45) is 11.1 Å². The average Bonchev–Trinajstić information content (AvgIpc) is 3.04. The van der Waals surface area contributed by atoms with E-state index in [4.69, 9.17) is 5.73 Å². The first-order valence-corrected chi connectivity index (χ1v) is 7.08. The normalized spacial score (nSPS) is 18.3. The summed E-state index contributed by atoms with van der Waals surface area (Å²) in [6.45, 7) is 5.74. The minimum atomic E-state index is 0.465. The van der Waals surface area contributed by atoms with Crippen LogP contribution in [0.15, 0.2) is 6.20 Å². The molecule has 1 fully saturated rings. The highest BCUT2D eigenvalue weighted by atomic mass is 15.4. The number of aromatic nitrogens is 3. The lowest BCUT2D eigenvalue weighted by Crippen LogP contribution is -2.33. The summed E-state index contributed by atoms with van der Waals surface area (Å²) in [5.41, 5.74) is 6.92. The fourth-order valence-electron chi connectivity index (χ4n) is 2.87. The van der Waals surface area contributed by atoms with Crippen LogP contribution < -0.4 is 11.1 Å². The molecule has 1 aliphatic carbocycles. The molecule has 1 heterocycles. The zero-order chi connectivity index (χ0) is 12.8. The molecule has 3 N–H and O–H groups in total. The van der Waals surface area contributed by atoms with Crippen molar-refractivity contribution in [1.29, 1.82) is 0 Å². The van der Waals surface area contributed by atoms with Gasteiger partial charge in [-0.15, -0.1) is 5.10 Å². The van der Waals surface area contributed by atoms with Gasteiger partial charge in [0.05, 0.1) is 12.2 Å². The van der Waals surface area contributed by atoms with E-state index in [0.29, 0.717) is 12.0 Å². The maximum atomic E-state index is 5.50. The van der Waals surface area contributed by atoms with Crippen LogP contribution in [0.25, 0.3) is 0 Å². The Balaban J connectivity index is 1.69. The first-order chi connectivity index (χ1) is 8.78. The number of hydrogen-bond acceptors (Lipinski definition) is 4. The Morgan fingerprint density at radius 3 is 2.83 bits per heavy atom. The number of nitrogens with one attached hydrogen (secondary N) is 1.